The van der Waals surface area contributed by atoms with Crippen molar-refractivity contribution < 1.29 is 17.9 Å². The van der Waals surface area contributed by atoms with Crippen LogP contribution in [0, 0.1) is 0 Å². The number of hydrogen-bond acceptors (Lipinski definition) is 6. The highest BCUT2D eigenvalue weighted by atomic mass is 32.2. The van der Waals surface area contributed by atoms with Crippen LogP contribution in [-0.4, -0.2) is 48.7 Å². The van der Waals surface area contributed by atoms with E-state index in [-0.39, 0.29) is 35.9 Å². The Morgan fingerprint density at radius 1 is 1.36 bits per heavy atom. The molecule has 0 saturated carbocycles. The smallest absolute Gasteiger partial charge is 0.258 e. The van der Waals surface area contributed by atoms with Crippen LogP contribution < -0.4 is 10.1 Å². The number of amides is 1. The van der Waals surface area contributed by atoms with Crippen molar-refractivity contribution in [2.24, 2.45) is 0 Å². The van der Waals surface area contributed by atoms with Gasteiger partial charge in [0.15, 0.2) is 16.4 Å². The maximum absolute atomic E-state index is 11.8. The van der Waals surface area contributed by atoms with Gasteiger partial charge in [0, 0.05) is 16.8 Å². The lowest BCUT2D eigenvalue weighted by Crippen LogP contribution is -2.38. The maximum Gasteiger partial charge on any atom is 0.258 e. The third-order valence-electron chi connectivity index (χ3n) is 3.47. The number of aromatic nitrogens is 2. The summed E-state index contributed by atoms with van der Waals surface area (Å²) in [5, 5.41) is 12.0. The third kappa shape index (κ3) is 3.33. The standard InChI is InChI=1S/C14H15N3O4S/c18-13(16-11-5-6-22(19,20)9-11)8-21-14-12-4-2-1-3-10(12)7-15-17-14/h1-4,7,11H,5-6,8-9H2,(H,16,18)/t11-/m0/s1. The van der Waals surface area contributed by atoms with Crippen LogP contribution in [0.3, 0.4) is 0 Å². The topological polar surface area (TPSA) is 98.2 Å². The van der Waals surface area contributed by atoms with Crippen molar-refractivity contribution in [3.05, 3.63) is 30.5 Å². The quantitative estimate of drug-likeness (QED) is 0.870. The summed E-state index contributed by atoms with van der Waals surface area (Å²) in [4.78, 5) is 11.8. The first-order valence-corrected chi connectivity index (χ1v) is 8.69. The summed E-state index contributed by atoms with van der Waals surface area (Å²) in [6.45, 7) is -0.223. The summed E-state index contributed by atoms with van der Waals surface area (Å²) in [6.07, 6.45) is 2.06. The first kappa shape index (κ1) is 14.7. The van der Waals surface area contributed by atoms with Crippen molar-refractivity contribution in [1.29, 1.82) is 0 Å². The minimum atomic E-state index is -3.01. The molecule has 1 aliphatic heterocycles. The monoisotopic (exact) mass is 321 g/mol. The molecule has 8 heteroatoms. The lowest BCUT2D eigenvalue weighted by Gasteiger charge is -2.11. The molecular weight excluding hydrogens is 306 g/mol. The average Bonchev–Trinajstić information content (AvgIpc) is 2.84. The number of fused-ring (bicyclic) bond motifs is 1. The zero-order valence-corrected chi connectivity index (χ0v) is 12.5. The summed E-state index contributed by atoms with van der Waals surface area (Å²) < 4.78 is 28.1. The highest BCUT2D eigenvalue weighted by Gasteiger charge is 2.28. The molecule has 1 N–H and O–H groups in total. The van der Waals surface area contributed by atoms with Crippen LogP contribution in [0.4, 0.5) is 0 Å². The summed E-state index contributed by atoms with van der Waals surface area (Å²) in [7, 11) is -3.01. The molecule has 2 heterocycles. The van der Waals surface area contributed by atoms with E-state index in [1.807, 2.05) is 24.3 Å². The molecule has 2 aromatic rings. The van der Waals surface area contributed by atoms with Gasteiger partial charge in [0.05, 0.1) is 17.7 Å². The minimum absolute atomic E-state index is 0.00713. The molecule has 1 fully saturated rings. The van der Waals surface area contributed by atoms with E-state index in [2.05, 4.69) is 15.5 Å². The maximum atomic E-state index is 11.8. The fraction of sp³-hybridized carbons (Fsp3) is 0.357. The Labute approximate surface area is 127 Å². The number of nitrogens with zero attached hydrogens (tertiary/aromatic N) is 2. The molecule has 7 nitrogen and oxygen atoms in total. The molecular formula is C14H15N3O4S. The number of carbonyl (C=O) groups excluding carboxylic acids is 1. The number of sulfone groups is 1. The van der Waals surface area contributed by atoms with Crippen molar-refractivity contribution in [2.75, 3.05) is 18.1 Å². The Hall–Kier alpha value is -2.22. The van der Waals surface area contributed by atoms with Gasteiger partial charge in [-0.05, 0) is 12.5 Å². The fourth-order valence-corrected chi connectivity index (χ4v) is 4.09. The van der Waals surface area contributed by atoms with Crippen molar-refractivity contribution in [3.63, 3.8) is 0 Å². The lowest BCUT2D eigenvalue weighted by molar-refractivity contribution is -0.123. The van der Waals surface area contributed by atoms with E-state index in [1.165, 1.54) is 0 Å². The Balaban J connectivity index is 1.61. The molecule has 1 amide bonds. The average molecular weight is 321 g/mol. The third-order valence-corrected chi connectivity index (χ3v) is 5.24. The second-order valence-corrected chi connectivity index (χ2v) is 7.42. The van der Waals surface area contributed by atoms with Crippen molar-refractivity contribution in [3.8, 4) is 5.88 Å². The second-order valence-electron chi connectivity index (χ2n) is 5.19. The second kappa shape index (κ2) is 5.88. The number of carbonyl (C=O) groups is 1. The highest BCUT2D eigenvalue weighted by Crippen LogP contribution is 2.21. The van der Waals surface area contributed by atoms with Crippen LogP contribution in [0.15, 0.2) is 30.5 Å². The molecule has 0 bridgehead atoms. The largest absolute Gasteiger partial charge is 0.466 e. The molecule has 1 atom stereocenters. The van der Waals surface area contributed by atoms with Gasteiger partial charge in [0.2, 0.25) is 5.88 Å². The first-order chi connectivity index (χ1) is 10.5. The Morgan fingerprint density at radius 2 is 2.18 bits per heavy atom. The number of ether oxygens (including phenoxy) is 1. The van der Waals surface area contributed by atoms with E-state index in [0.29, 0.717) is 6.42 Å². The normalized spacial score (nSPS) is 19.9. The molecule has 0 radical (unpaired) electrons. The SMILES string of the molecule is O=C(COc1nncc2ccccc12)N[C@H]1CCS(=O)(=O)C1. The van der Waals surface area contributed by atoms with Gasteiger partial charge in [-0.1, -0.05) is 18.2 Å². The zero-order valence-electron chi connectivity index (χ0n) is 11.7. The summed E-state index contributed by atoms with van der Waals surface area (Å²) in [5.74, 6) is 0.0320. The fourth-order valence-electron chi connectivity index (χ4n) is 2.42. The number of nitrogens with one attached hydrogen (secondary N) is 1. The Morgan fingerprint density at radius 3 is 2.95 bits per heavy atom. The van der Waals surface area contributed by atoms with Crippen LogP contribution in [0.5, 0.6) is 5.88 Å². The summed E-state index contributed by atoms with van der Waals surface area (Å²) in [5.41, 5.74) is 0. The molecule has 0 aliphatic carbocycles. The van der Waals surface area contributed by atoms with Crippen LogP contribution in [-0.2, 0) is 14.6 Å². The number of benzene rings is 1. The summed E-state index contributed by atoms with van der Waals surface area (Å²) in [6, 6.07) is 7.10. The van der Waals surface area contributed by atoms with E-state index in [1.54, 1.807) is 6.20 Å². The van der Waals surface area contributed by atoms with Crippen LogP contribution in [0.25, 0.3) is 10.8 Å². The predicted octanol–water partition coefficient (Wildman–Crippen LogP) is 0.312. The molecule has 0 unspecified atom stereocenters. The van der Waals surface area contributed by atoms with Gasteiger partial charge < -0.3 is 10.1 Å². The highest BCUT2D eigenvalue weighted by molar-refractivity contribution is 7.91. The van der Waals surface area contributed by atoms with Gasteiger partial charge in [-0.2, -0.15) is 5.10 Å². The zero-order chi connectivity index (χ0) is 15.6. The van der Waals surface area contributed by atoms with Gasteiger partial charge in [-0.3, -0.25) is 4.79 Å². The van der Waals surface area contributed by atoms with E-state index < -0.39 is 9.84 Å². The van der Waals surface area contributed by atoms with Gasteiger partial charge in [-0.15, -0.1) is 5.10 Å². The van der Waals surface area contributed by atoms with Crippen LogP contribution >= 0.6 is 0 Å². The Kier molecular flexibility index (Phi) is 3.93. The molecule has 1 saturated heterocycles. The number of hydrogen-bond donors (Lipinski definition) is 1. The number of rotatable bonds is 4. The molecule has 1 aliphatic rings. The van der Waals surface area contributed by atoms with E-state index in [9.17, 15) is 13.2 Å². The summed E-state index contributed by atoms with van der Waals surface area (Å²) >= 11 is 0. The first-order valence-electron chi connectivity index (χ1n) is 6.86. The Bertz CT molecular complexity index is 801. The van der Waals surface area contributed by atoms with Gasteiger partial charge in [-0.25, -0.2) is 8.42 Å². The van der Waals surface area contributed by atoms with Gasteiger partial charge in [0.1, 0.15) is 0 Å². The van der Waals surface area contributed by atoms with Crippen molar-refractivity contribution >= 4 is 26.5 Å². The lowest BCUT2D eigenvalue weighted by atomic mass is 10.2. The van der Waals surface area contributed by atoms with E-state index >= 15 is 0 Å². The minimum Gasteiger partial charge on any atom is -0.466 e. The van der Waals surface area contributed by atoms with Crippen LogP contribution in [0.2, 0.25) is 0 Å². The van der Waals surface area contributed by atoms with Crippen molar-refractivity contribution in [2.45, 2.75) is 12.5 Å². The molecule has 1 aromatic carbocycles. The van der Waals surface area contributed by atoms with E-state index in [4.69, 9.17) is 4.74 Å². The molecule has 0 spiro atoms. The van der Waals surface area contributed by atoms with Gasteiger partial charge in [0.25, 0.3) is 5.91 Å². The molecule has 3 rings (SSSR count). The molecule has 1 aromatic heterocycles. The van der Waals surface area contributed by atoms with Gasteiger partial charge >= 0.3 is 0 Å². The molecule has 22 heavy (non-hydrogen) atoms. The van der Waals surface area contributed by atoms with Crippen LogP contribution in [0.1, 0.15) is 6.42 Å². The van der Waals surface area contributed by atoms with E-state index in [0.717, 1.165) is 10.8 Å². The molecule has 116 valence electrons. The van der Waals surface area contributed by atoms with Crippen molar-refractivity contribution in [1.82, 2.24) is 15.5 Å². The predicted molar refractivity (Wildman–Crippen MR) is 80.2 cm³/mol.